The van der Waals surface area contributed by atoms with Crippen molar-refractivity contribution in [3.8, 4) is 16.9 Å². The molecule has 0 unspecified atom stereocenters. The van der Waals surface area contributed by atoms with E-state index >= 15 is 0 Å². The first-order valence-electron chi connectivity index (χ1n) is 8.03. The highest BCUT2D eigenvalue weighted by molar-refractivity contribution is 9.10. The summed E-state index contributed by atoms with van der Waals surface area (Å²) in [6.45, 7) is 0.962. The van der Waals surface area contributed by atoms with Crippen molar-refractivity contribution >= 4 is 27.4 Å². The molecule has 0 bridgehead atoms. The van der Waals surface area contributed by atoms with Gasteiger partial charge in [-0.15, -0.1) is 0 Å². The normalized spacial score (nSPS) is 12.8. The summed E-state index contributed by atoms with van der Waals surface area (Å²) in [6.07, 6.45) is 1.01. The van der Waals surface area contributed by atoms with Gasteiger partial charge in [-0.25, -0.2) is 4.68 Å². The molecule has 0 saturated heterocycles. The minimum absolute atomic E-state index is 0.962. The van der Waals surface area contributed by atoms with Gasteiger partial charge in [0.1, 0.15) is 5.82 Å². The second-order valence-corrected chi connectivity index (χ2v) is 7.10. The van der Waals surface area contributed by atoms with Crippen LogP contribution in [0.25, 0.3) is 16.9 Å². The van der Waals surface area contributed by atoms with Crippen LogP contribution in [0.5, 0.6) is 0 Å². The number of nitrogens with one attached hydrogen (secondary N) is 1. The van der Waals surface area contributed by atoms with Crippen LogP contribution in [0.4, 0.5) is 11.5 Å². The number of anilines is 2. The average Bonchev–Trinajstić information content (AvgIpc) is 3.18. The van der Waals surface area contributed by atoms with Crippen LogP contribution in [0.1, 0.15) is 5.56 Å². The molecular formula is C19H19BrN4. The minimum Gasteiger partial charge on any atom is -0.378 e. The number of hydrogen-bond donors (Lipinski definition) is 1. The summed E-state index contributed by atoms with van der Waals surface area (Å²) in [6, 6.07) is 16.8. The highest BCUT2D eigenvalue weighted by atomic mass is 79.9. The molecule has 0 amide bonds. The van der Waals surface area contributed by atoms with Crippen molar-refractivity contribution in [3.63, 3.8) is 0 Å². The molecule has 0 aliphatic carbocycles. The van der Waals surface area contributed by atoms with Crippen LogP contribution in [0.15, 0.2) is 53.0 Å². The van der Waals surface area contributed by atoms with Crippen molar-refractivity contribution in [2.24, 2.45) is 0 Å². The molecule has 2 heterocycles. The Labute approximate surface area is 150 Å². The molecule has 1 aliphatic rings. The minimum atomic E-state index is 0.962. The SMILES string of the molecule is CN(C)c1cccc(-c2nn(-c3ccc(Br)cc3)c3c2CCN3)c1. The van der Waals surface area contributed by atoms with Crippen molar-refractivity contribution in [2.75, 3.05) is 30.9 Å². The van der Waals surface area contributed by atoms with E-state index in [4.69, 9.17) is 5.10 Å². The second kappa shape index (κ2) is 5.98. The van der Waals surface area contributed by atoms with E-state index in [1.807, 2.05) is 16.8 Å². The van der Waals surface area contributed by atoms with E-state index in [1.54, 1.807) is 0 Å². The van der Waals surface area contributed by atoms with Gasteiger partial charge in [-0.2, -0.15) is 5.10 Å². The van der Waals surface area contributed by atoms with Crippen LogP contribution >= 0.6 is 15.9 Å². The molecule has 0 spiro atoms. The summed E-state index contributed by atoms with van der Waals surface area (Å²) in [5.41, 5.74) is 5.79. The zero-order valence-electron chi connectivity index (χ0n) is 13.8. The van der Waals surface area contributed by atoms with E-state index in [0.717, 1.165) is 40.2 Å². The number of hydrogen-bond acceptors (Lipinski definition) is 3. The van der Waals surface area contributed by atoms with Gasteiger partial charge in [0.25, 0.3) is 0 Å². The molecular weight excluding hydrogens is 364 g/mol. The van der Waals surface area contributed by atoms with E-state index in [-0.39, 0.29) is 0 Å². The Bertz CT molecular complexity index is 881. The third-order valence-corrected chi connectivity index (χ3v) is 4.89. The van der Waals surface area contributed by atoms with E-state index in [9.17, 15) is 0 Å². The third-order valence-electron chi connectivity index (χ3n) is 4.36. The maximum atomic E-state index is 4.92. The summed E-state index contributed by atoms with van der Waals surface area (Å²) < 4.78 is 3.09. The number of fused-ring (bicyclic) bond motifs is 1. The van der Waals surface area contributed by atoms with Gasteiger partial charge < -0.3 is 10.2 Å². The second-order valence-electron chi connectivity index (χ2n) is 6.19. The molecule has 4 rings (SSSR count). The lowest BCUT2D eigenvalue weighted by atomic mass is 10.1. The number of benzene rings is 2. The van der Waals surface area contributed by atoms with Gasteiger partial charge in [0.05, 0.1) is 11.4 Å². The lowest BCUT2D eigenvalue weighted by molar-refractivity contribution is 0.882. The summed E-state index contributed by atoms with van der Waals surface area (Å²) in [7, 11) is 4.12. The van der Waals surface area contributed by atoms with Gasteiger partial charge in [0, 0.05) is 41.9 Å². The van der Waals surface area contributed by atoms with Crippen molar-refractivity contribution in [3.05, 3.63) is 58.6 Å². The number of aromatic nitrogens is 2. The fraction of sp³-hybridized carbons (Fsp3) is 0.211. The Balaban J connectivity index is 1.84. The predicted octanol–water partition coefficient (Wildman–Crippen LogP) is 4.34. The Morgan fingerprint density at radius 2 is 1.92 bits per heavy atom. The lowest BCUT2D eigenvalue weighted by Crippen LogP contribution is -2.08. The highest BCUT2D eigenvalue weighted by Gasteiger charge is 2.24. The van der Waals surface area contributed by atoms with E-state index in [0.29, 0.717) is 0 Å². The van der Waals surface area contributed by atoms with Crippen molar-refractivity contribution in [1.29, 1.82) is 0 Å². The van der Waals surface area contributed by atoms with E-state index in [2.05, 4.69) is 76.6 Å². The zero-order valence-corrected chi connectivity index (χ0v) is 15.3. The fourth-order valence-electron chi connectivity index (χ4n) is 3.11. The molecule has 0 radical (unpaired) electrons. The molecule has 1 aliphatic heterocycles. The van der Waals surface area contributed by atoms with Gasteiger partial charge in [0.2, 0.25) is 0 Å². The summed E-state index contributed by atoms with van der Waals surface area (Å²) in [5.74, 6) is 1.11. The molecule has 24 heavy (non-hydrogen) atoms. The first-order valence-corrected chi connectivity index (χ1v) is 8.82. The third kappa shape index (κ3) is 2.59. The van der Waals surface area contributed by atoms with Gasteiger partial charge >= 0.3 is 0 Å². The Hall–Kier alpha value is -2.27. The largest absolute Gasteiger partial charge is 0.378 e. The molecule has 0 saturated carbocycles. The average molecular weight is 383 g/mol. The van der Waals surface area contributed by atoms with Gasteiger partial charge in [-0.1, -0.05) is 28.1 Å². The Kier molecular flexibility index (Phi) is 3.81. The van der Waals surface area contributed by atoms with Crippen LogP contribution < -0.4 is 10.2 Å². The van der Waals surface area contributed by atoms with E-state index < -0.39 is 0 Å². The summed E-state index contributed by atoms with van der Waals surface area (Å²) in [5, 5.41) is 8.41. The van der Waals surface area contributed by atoms with Gasteiger partial charge in [-0.05, 0) is 42.8 Å². The van der Waals surface area contributed by atoms with Gasteiger partial charge in [0.15, 0.2) is 0 Å². The van der Waals surface area contributed by atoms with Gasteiger partial charge in [-0.3, -0.25) is 0 Å². The van der Waals surface area contributed by atoms with Crippen molar-refractivity contribution < 1.29 is 0 Å². The topological polar surface area (TPSA) is 33.1 Å². The maximum Gasteiger partial charge on any atom is 0.133 e. The Morgan fingerprint density at radius 3 is 2.67 bits per heavy atom. The summed E-state index contributed by atoms with van der Waals surface area (Å²) >= 11 is 3.49. The van der Waals surface area contributed by atoms with Crippen LogP contribution in [0.2, 0.25) is 0 Å². The smallest absolute Gasteiger partial charge is 0.133 e. The molecule has 122 valence electrons. The fourth-order valence-corrected chi connectivity index (χ4v) is 3.37. The molecule has 3 aromatic rings. The van der Waals surface area contributed by atoms with Crippen LogP contribution in [0.3, 0.4) is 0 Å². The van der Waals surface area contributed by atoms with E-state index in [1.165, 1.54) is 11.3 Å². The molecule has 5 heteroatoms. The molecule has 4 nitrogen and oxygen atoms in total. The molecule has 0 atom stereocenters. The predicted molar refractivity (Wildman–Crippen MR) is 103 cm³/mol. The lowest BCUT2D eigenvalue weighted by Gasteiger charge is -2.13. The molecule has 2 aromatic carbocycles. The van der Waals surface area contributed by atoms with Crippen LogP contribution in [-0.4, -0.2) is 30.4 Å². The highest BCUT2D eigenvalue weighted by Crippen LogP contribution is 2.35. The maximum absolute atomic E-state index is 4.92. The first-order chi connectivity index (χ1) is 11.6. The number of nitrogens with zero attached hydrogens (tertiary/aromatic N) is 3. The molecule has 1 N–H and O–H groups in total. The number of rotatable bonds is 3. The van der Waals surface area contributed by atoms with Crippen LogP contribution in [-0.2, 0) is 6.42 Å². The Morgan fingerprint density at radius 1 is 1.12 bits per heavy atom. The standard InChI is InChI=1S/C19H19BrN4/c1-23(2)16-5-3-4-13(12-16)18-17-10-11-21-19(17)24(22-18)15-8-6-14(20)7-9-15/h3-9,12,21H,10-11H2,1-2H3. The van der Waals surface area contributed by atoms with Crippen molar-refractivity contribution in [2.45, 2.75) is 6.42 Å². The molecule has 1 aromatic heterocycles. The number of halogens is 1. The summed E-state index contributed by atoms with van der Waals surface area (Å²) in [4.78, 5) is 2.12. The quantitative estimate of drug-likeness (QED) is 0.731. The van der Waals surface area contributed by atoms with Crippen molar-refractivity contribution in [1.82, 2.24) is 9.78 Å². The monoisotopic (exact) mass is 382 g/mol. The molecule has 0 fully saturated rings. The van der Waals surface area contributed by atoms with Crippen LogP contribution in [0, 0.1) is 0 Å². The first kappa shape index (κ1) is 15.3. The zero-order chi connectivity index (χ0) is 16.7.